The number of piperazine rings is 1. The van der Waals surface area contributed by atoms with E-state index in [0.717, 1.165) is 68.1 Å². The molecule has 2 atom stereocenters. The second-order valence-electron chi connectivity index (χ2n) is 7.89. The van der Waals surface area contributed by atoms with Crippen molar-refractivity contribution in [3.63, 3.8) is 0 Å². The highest BCUT2D eigenvalue weighted by molar-refractivity contribution is 7.99. The molecule has 3 aliphatic rings. The maximum absolute atomic E-state index is 12.6. The van der Waals surface area contributed by atoms with Crippen LogP contribution in [0.3, 0.4) is 0 Å². The van der Waals surface area contributed by atoms with Crippen molar-refractivity contribution in [1.29, 1.82) is 0 Å². The van der Waals surface area contributed by atoms with Gasteiger partial charge in [0, 0.05) is 62.0 Å². The minimum atomic E-state index is 0. The van der Waals surface area contributed by atoms with Crippen LogP contribution in [0.25, 0.3) is 11.3 Å². The fourth-order valence-electron chi connectivity index (χ4n) is 4.42. The van der Waals surface area contributed by atoms with Crippen LogP contribution in [0.2, 0.25) is 0 Å². The summed E-state index contributed by atoms with van der Waals surface area (Å²) >= 11 is 3.59. The van der Waals surface area contributed by atoms with Crippen LogP contribution in [-0.2, 0) is 4.79 Å². The van der Waals surface area contributed by atoms with Crippen molar-refractivity contribution in [2.24, 2.45) is 0 Å². The molecule has 1 N–H and O–H groups in total. The monoisotopic (exact) mass is 537 g/mol. The molecule has 0 aliphatic carbocycles. The third-order valence-electron chi connectivity index (χ3n) is 6.13. The van der Waals surface area contributed by atoms with Crippen molar-refractivity contribution in [3.8, 4) is 11.3 Å². The maximum atomic E-state index is 12.6. The van der Waals surface area contributed by atoms with E-state index >= 15 is 0 Å². The number of benzene rings is 1. The Kier molecular flexibility index (Phi) is 10.9. The molecule has 6 nitrogen and oxygen atoms in total. The van der Waals surface area contributed by atoms with Gasteiger partial charge < -0.3 is 15.1 Å². The van der Waals surface area contributed by atoms with Crippen LogP contribution < -0.4 is 10.2 Å². The van der Waals surface area contributed by atoms with Gasteiger partial charge in [0.1, 0.15) is 0 Å². The molecule has 3 aliphatic heterocycles. The largest absolute Gasteiger partial charge is 0.346 e. The molecule has 3 fully saturated rings. The lowest BCUT2D eigenvalue weighted by molar-refractivity contribution is -0.131. The topological polar surface area (TPSA) is 51.7 Å². The highest BCUT2D eigenvalue weighted by Gasteiger charge is 2.36. The molecule has 3 saturated heterocycles. The summed E-state index contributed by atoms with van der Waals surface area (Å²) in [5.41, 5.74) is 2.24. The molecule has 0 saturated carbocycles. The number of carbonyl (C=O) groups excluding carboxylic acids is 1. The lowest BCUT2D eigenvalue weighted by Gasteiger charge is -2.37. The Labute approximate surface area is 216 Å². The van der Waals surface area contributed by atoms with Gasteiger partial charge in [-0.1, -0.05) is 30.3 Å². The van der Waals surface area contributed by atoms with E-state index in [1.54, 1.807) is 11.3 Å². The number of hydrogen-bond donors (Lipinski definition) is 1. The van der Waals surface area contributed by atoms with Crippen LogP contribution in [0.1, 0.15) is 6.42 Å². The minimum absolute atomic E-state index is 0. The lowest BCUT2D eigenvalue weighted by Crippen LogP contribution is -2.51. The first kappa shape index (κ1) is 27.5. The van der Waals surface area contributed by atoms with Crippen molar-refractivity contribution in [1.82, 2.24) is 20.1 Å². The van der Waals surface area contributed by atoms with Crippen LogP contribution in [0.4, 0.5) is 5.13 Å². The summed E-state index contributed by atoms with van der Waals surface area (Å²) in [4.78, 5) is 24.5. The Morgan fingerprint density at radius 1 is 1.03 bits per heavy atom. The smallest absolute Gasteiger partial charge is 0.240 e. The summed E-state index contributed by atoms with van der Waals surface area (Å²) in [5.74, 6) is 2.23. The van der Waals surface area contributed by atoms with Gasteiger partial charge in [-0.05, 0) is 6.42 Å². The first-order chi connectivity index (χ1) is 14.3. The Morgan fingerprint density at radius 2 is 1.78 bits per heavy atom. The lowest BCUT2D eigenvalue weighted by atomic mass is 10.1. The number of nitrogens with zero attached hydrogens (tertiary/aromatic N) is 4. The van der Waals surface area contributed by atoms with E-state index in [-0.39, 0.29) is 43.3 Å². The van der Waals surface area contributed by atoms with Crippen molar-refractivity contribution in [3.05, 3.63) is 35.7 Å². The van der Waals surface area contributed by atoms with Gasteiger partial charge in [0.15, 0.2) is 5.13 Å². The summed E-state index contributed by atoms with van der Waals surface area (Å²) in [6.45, 7) is 5.90. The highest BCUT2D eigenvalue weighted by atomic mass is 35.5. The zero-order chi connectivity index (χ0) is 19.6. The molecule has 178 valence electrons. The molecular formula is C21H30Cl3N5OS2. The average molecular weight is 539 g/mol. The molecule has 1 amide bonds. The number of nitrogens with one attached hydrogen (secondary N) is 1. The van der Waals surface area contributed by atoms with Crippen molar-refractivity contribution >= 4 is 71.4 Å². The number of hydrogen-bond acceptors (Lipinski definition) is 7. The van der Waals surface area contributed by atoms with E-state index in [4.69, 9.17) is 4.98 Å². The van der Waals surface area contributed by atoms with Gasteiger partial charge in [-0.15, -0.1) is 60.3 Å². The summed E-state index contributed by atoms with van der Waals surface area (Å²) in [6, 6.07) is 10.9. The van der Waals surface area contributed by atoms with E-state index in [1.165, 1.54) is 5.56 Å². The number of aromatic nitrogens is 1. The number of halogens is 3. The fraction of sp³-hybridized carbons (Fsp3) is 0.524. The number of thiazole rings is 1. The molecule has 4 heterocycles. The van der Waals surface area contributed by atoms with Gasteiger partial charge in [-0.25, -0.2) is 4.98 Å². The standard InChI is InChI=1S/C21H27N5OS2.3ClH/c27-20(26-10-11-28-15-26)18-12-17(13-22-18)24-6-8-25(9-7-24)21-23-19(14-29-21)16-4-2-1-3-5-16;;;/h1-5,14,17-18,22H,6-13,15H2;3*1H/t17-,18-;;;/m0.../s1. The van der Waals surface area contributed by atoms with E-state index < -0.39 is 0 Å². The van der Waals surface area contributed by atoms with Crippen molar-refractivity contribution in [2.75, 3.05) is 55.8 Å². The molecular weight excluding hydrogens is 509 g/mol. The molecule has 32 heavy (non-hydrogen) atoms. The molecule has 5 rings (SSSR count). The van der Waals surface area contributed by atoms with E-state index in [9.17, 15) is 4.79 Å². The van der Waals surface area contributed by atoms with Gasteiger partial charge in [0.2, 0.25) is 5.91 Å². The number of thioether (sulfide) groups is 1. The zero-order valence-corrected chi connectivity index (χ0v) is 21.8. The third kappa shape index (κ3) is 6.03. The normalized spacial score (nSPS) is 23.2. The molecule has 1 aromatic heterocycles. The number of carbonyl (C=O) groups is 1. The average Bonchev–Trinajstić information content (AvgIpc) is 3.56. The third-order valence-corrected chi connectivity index (χ3v) is 8.00. The van der Waals surface area contributed by atoms with Gasteiger partial charge >= 0.3 is 0 Å². The molecule has 0 bridgehead atoms. The van der Waals surface area contributed by atoms with Crippen molar-refractivity contribution in [2.45, 2.75) is 18.5 Å². The van der Waals surface area contributed by atoms with Crippen molar-refractivity contribution < 1.29 is 4.79 Å². The first-order valence-corrected chi connectivity index (χ1v) is 12.4. The van der Waals surface area contributed by atoms with Crippen LogP contribution in [0, 0.1) is 0 Å². The number of rotatable bonds is 4. The number of amides is 1. The summed E-state index contributed by atoms with van der Waals surface area (Å²) in [7, 11) is 0. The summed E-state index contributed by atoms with van der Waals surface area (Å²) in [5, 5.41) is 6.75. The Bertz CT molecular complexity index is 845. The summed E-state index contributed by atoms with van der Waals surface area (Å²) < 4.78 is 0. The Balaban J connectivity index is 0.00000121. The maximum Gasteiger partial charge on any atom is 0.240 e. The van der Waals surface area contributed by atoms with Gasteiger partial charge in [0.25, 0.3) is 0 Å². The fourth-order valence-corrected chi connectivity index (χ4v) is 6.26. The summed E-state index contributed by atoms with van der Waals surface area (Å²) in [6.07, 6.45) is 0.940. The highest BCUT2D eigenvalue weighted by Crippen LogP contribution is 2.28. The Hall–Kier alpha value is -0.740. The predicted molar refractivity (Wildman–Crippen MR) is 142 cm³/mol. The van der Waals surface area contributed by atoms with E-state index in [0.29, 0.717) is 11.9 Å². The molecule has 1 aromatic carbocycles. The SMILES string of the molecule is Cl.Cl.Cl.O=C([C@@H]1C[C@H](N2CCN(c3nc(-c4ccccc4)cs3)CC2)CN1)N1CCSC1. The predicted octanol–water partition coefficient (Wildman–Crippen LogP) is 3.46. The Morgan fingerprint density at radius 3 is 2.47 bits per heavy atom. The van der Waals surface area contributed by atoms with Crippen LogP contribution in [-0.4, -0.2) is 83.7 Å². The number of anilines is 1. The van der Waals surface area contributed by atoms with Crippen LogP contribution in [0.5, 0.6) is 0 Å². The first-order valence-electron chi connectivity index (χ1n) is 10.4. The van der Waals surface area contributed by atoms with E-state index in [2.05, 4.69) is 44.8 Å². The van der Waals surface area contributed by atoms with Gasteiger partial charge in [0.05, 0.1) is 17.6 Å². The second-order valence-corrected chi connectivity index (χ2v) is 9.80. The molecule has 0 spiro atoms. The molecule has 0 radical (unpaired) electrons. The van der Waals surface area contributed by atoms with Crippen LogP contribution >= 0.6 is 60.3 Å². The quantitative estimate of drug-likeness (QED) is 0.643. The van der Waals surface area contributed by atoms with E-state index in [1.807, 2.05) is 22.7 Å². The molecule has 2 aromatic rings. The zero-order valence-electron chi connectivity index (χ0n) is 17.7. The molecule has 0 unspecified atom stereocenters. The molecule has 11 heteroatoms. The minimum Gasteiger partial charge on any atom is -0.346 e. The van der Waals surface area contributed by atoms with Crippen LogP contribution in [0.15, 0.2) is 35.7 Å². The van der Waals surface area contributed by atoms with Gasteiger partial charge in [-0.3, -0.25) is 9.69 Å². The van der Waals surface area contributed by atoms with Gasteiger partial charge in [-0.2, -0.15) is 0 Å². The second kappa shape index (κ2) is 12.6.